The fraction of sp³-hybridized carbons (Fsp3) is 0.977. The third kappa shape index (κ3) is 7.88. The number of hydrogen-bond acceptors (Lipinski definition) is 13. The molecule has 6 rings (SSSR count). The molecule has 0 saturated carbocycles. The zero-order valence-electron chi connectivity index (χ0n) is 36.9. The molecule has 0 aliphatic carbocycles. The Bertz CT molecular complexity index is 1420. The van der Waals surface area contributed by atoms with Gasteiger partial charge in [-0.15, -0.1) is 0 Å². The standard InChI is InChI=1S/C43H74O14/c1-21-28(48-11)19-42(55-31(21)22(2)32-23(3)34(50-13)27(7)43(47,56-32)20-30(44)45)18-17-39(8,57-42)29-15-16-40(9,53-29)38-25(5)35(51-14)37(52-38)36-24(4)33(49-12)26(6)41(10,46)54-36/h21-29,31-38,46-47H,15-20H2,1-14H3,(H,44,45). The van der Waals surface area contributed by atoms with Crippen LogP contribution in [0.15, 0.2) is 0 Å². The lowest BCUT2D eigenvalue weighted by molar-refractivity contribution is -0.358. The molecule has 22 atom stereocenters. The zero-order chi connectivity index (χ0) is 42.2. The number of carboxylic acid groups (broad SMARTS) is 1. The lowest BCUT2D eigenvalue weighted by Gasteiger charge is -2.54. The van der Waals surface area contributed by atoms with Crippen molar-refractivity contribution >= 4 is 5.97 Å². The smallest absolute Gasteiger partial charge is 0.308 e. The van der Waals surface area contributed by atoms with Gasteiger partial charge < -0.3 is 62.7 Å². The van der Waals surface area contributed by atoms with Crippen LogP contribution in [0.2, 0.25) is 0 Å². The molecule has 0 amide bonds. The Morgan fingerprint density at radius 1 is 0.702 bits per heavy atom. The fourth-order valence-electron chi connectivity index (χ4n) is 12.2. The van der Waals surface area contributed by atoms with Gasteiger partial charge in [-0.05, 0) is 40.0 Å². The second-order valence-electron chi connectivity index (χ2n) is 19.5. The minimum atomic E-state index is -1.90. The predicted octanol–water partition coefficient (Wildman–Crippen LogP) is 4.93. The average molecular weight is 815 g/mol. The molecule has 0 aromatic rings. The van der Waals surface area contributed by atoms with Gasteiger partial charge >= 0.3 is 5.97 Å². The van der Waals surface area contributed by atoms with Gasteiger partial charge in [0.05, 0.1) is 72.6 Å². The van der Waals surface area contributed by atoms with Crippen molar-refractivity contribution in [3.63, 3.8) is 0 Å². The second kappa shape index (κ2) is 16.4. The first-order valence-electron chi connectivity index (χ1n) is 21.4. The number of methoxy groups -OCH3 is 4. The maximum absolute atomic E-state index is 11.9. The SMILES string of the molecule is COC1CC2(CCC(C)(C3CCC(C)(C4OC(C5OC(C)(O)C(C)C(OC)C5C)C(OC)C4C)O3)O2)OC(C(C)C2OC(O)(CC(=O)O)C(C)C(OC)C2C)C1C. The van der Waals surface area contributed by atoms with Crippen LogP contribution in [0.3, 0.4) is 0 Å². The Morgan fingerprint density at radius 2 is 1.32 bits per heavy atom. The summed E-state index contributed by atoms with van der Waals surface area (Å²) in [7, 11) is 6.69. The molecule has 0 aromatic carbocycles. The molecule has 22 unspecified atom stereocenters. The second-order valence-corrected chi connectivity index (χ2v) is 19.5. The summed E-state index contributed by atoms with van der Waals surface area (Å²) >= 11 is 0. The minimum Gasteiger partial charge on any atom is -0.481 e. The van der Waals surface area contributed by atoms with Crippen molar-refractivity contribution in [2.24, 2.45) is 41.4 Å². The summed E-state index contributed by atoms with van der Waals surface area (Å²) in [6.45, 7) is 20.1. The highest BCUT2D eigenvalue weighted by Gasteiger charge is 2.64. The van der Waals surface area contributed by atoms with Gasteiger partial charge in [-0.1, -0.05) is 48.5 Å². The summed E-state index contributed by atoms with van der Waals surface area (Å²) in [5.41, 5.74) is -1.31. The number of carbonyl (C=O) groups is 1. The monoisotopic (exact) mass is 815 g/mol. The van der Waals surface area contributed by atoms with E-state index in [4.69, 9.17) is 47.4 Å². The van der Waals surface area contributed by atoms with Crippen LogP contribution in [0.5, 0.6) is 0 Å². The van der Waals surface area contributed by atoms with Gasteiger partial charge in [0, 0.05) is 82.7 Å². The summed E-state index contributed by atoms with van der Waals surface area (Å²) in [6.07, 6.45) is -0.662. The van der Waals surface area contributed by atoms with Crippen molar-refractivity contribution in [2.75, 3.05) is 28.4 Å². The highest BCUT2D eigenvalue weighted by molar-refractivity contribution is 5.68. The van der Waals surface area contributed by atoms with Gasteiger partial charge in [-0.2, -0.15) is 0 Å². The molecule has 14 nitrogen and oxygen atoms in total. The third-order valence-corrected chi connectivity index (χ3v) is 15.8. The van der Waals surface area contributed by atoms with Crippen molar-refractivity contribution in [3.8, 4) is 0 Å². The highest BCUT2D eigenvalue weighted by atomic mass is 16.7. The van der Waals surface area contributed by atoms with Gasteiger partial charge in [0.1, 0.15) is 6.10 Å². The summed E-state index contributed by atoms with van der Waals surface area (Å²) in [6, 6.07) is 0. The first-order valence-corrected chi connectivity index (χ1v) is 21.4. The summed E-state index contributed by atoms with van der Waals surface area (Å²) in [4.78, 5) is 11.9. The van der Waals surface area contributed by atoms with Gasteiger partial charge in [0.15, 0.2) is 17.4 Å². The molecule has 14 heteroatoms. The summed E-state index contributed by atoms with van der Waals surface area (Å²) in [5, 5.41) is 32.6. The largest absolute Gasteiger partial charge is 0.481 e. The van der Waals surface area contributed by atoms with E-state index < -0.39 is 77.4 Å². The van der Waals surface area contributed by atoms with E-state index in [9.17, 15) is 20.1 Å². The Labute approximate surface area is 340 Å². The van der Waals surface area contributed by atoms with Crippen molar-refractivity contribution in [1.82, 2.24) is 0 Å². The van der Waals surface area contributed by atoms with E-state index in [1.807, 2.05) is 20.8 Å². The molecule has 6 heterocycles. The van der Waals surface area contributed by atoms with Crippen molar-refractivity contribution in [2.45, 2.75) is 197 Å². The van der Waals surface area contributed by atoms with E-state index in [1.165, 1.54) is 0 Å². The van der Waals surface area contributed by atoms with Crippen LogP contribution in [-0.4, -0.2) is 139 Å². The molecule has 57 heavy (non-hydrogen) atoms. The topological polar surface area (TPSA) is 170 Å². The zero-order valence-corrected chi connectivity index (χ0v) is 36.9. The van der Waals surface area contributed by atoms with E-state index >= 15 is 0 Å². The van der Waals surface area contributed by atoms with Crippen LogP contribution in [-0.2, 0) is 52.2 Å². The summed E-state index contributed by atoms with van der Waals surface area (Å²) < 4.78 is 65.1. The molecule has 0 radical (unpaired) electrons. The molecule has 0 bridgehead atoms. The maximum atomic E-state index is 11.9. The molecule has 330 valence electrons. The van der Waals surface area contributed by atoms with E-state index in [2.05, 4.69) is 34.6 Å². The van der Waals surface area contributed by atoms with E-state index in [-0.39, 0.29) is 66.0 Å². The quantitative estimate of drug-likeness (QED) is 0.257. The molecular formula is C43H74O14. The maximum Gasteiger partial charge on any atom is 0.308 e. The van der Waals surface area contributed by atoms with Crippen LogP contribution in [0.25, 0.3) is 0 Å². The number of aliphatic hydroxyl groups is 2. The predicted molar refractivity (Wildman–Crippen MR) is 207 cm³/mol. The van der Waals surface area contributed by atoms with Crippen LogP contribution in [0.1, 0.15) is 108 Å². The van der Waals surface area contributed by atoms with Gasteiger partial charge in [0.25, 0.3) is 0 Å². The third-order valence-electron chi connectivity index (χ3n) is 15.8. The first-order chi connectivity index (χ1) is 26.5. The Morgan fingerprint density at radius 3 is 1.91 bits per heavy atom. The molecular weight excluding hydrogens is 740 g/mol. The van der Waals surface area contributed by atoms with Crippen molar-refractivity contribution in [3.05, 3.63) is 0 Å². The van der Waals surface area contributed by atoms with Crippen molar-refractivity contribution < 1.29 is 67.5 Å². The van der Waals surface area contributed by atoms with Crippen LogP contribution < -0.4 is 0 Å². The minimum absolute atomic E-state index is 0.0281. The molecule has 6 fully saturated rings. The Kier molecular flexibility index (Phi) is 13.1. The lowest BCUT2D eigenvalue weighted by atomic mass is 9.72. The van der Waals surface area contributed by atoms with Crippen LogP contribution in [0.4, 0.5) is 0 Å². The lowest BCUT2D eigenvalue weighted by Crippen LogP contribution is -2.63. The average Bonchev–Trinajstić information content (AvgIpc) is 3.82. The molecule has 6 saturated heterocycles. The number of carboxylic acids is 1. The number of rotatable bonds is 11. The normalized spacial score (nSPS) is 55.0. The van der Waals surface area contributed by atoms with Crippen LogP contribution in [0, 0.1) is 41.4 Å². The number of aliphatic carboxylic acids is 1. The van der Waals surface area contributed by atoms with Gasteiger partial charge in [-0.3, -0.25) is 4.79 Å². The number of ether oxygens (including phenoxy) is 10. The molecule has 0 aromatic heterocycles. The molecule has 6 aliphatic rings. The fourth-order valence-corrected chi connectivity index (χ4v) is 12.2. The first kappa shape index (κ1) is 45.5. The molecule has 3 N–H and O–H groups in total. The van der Waals surface area contributed by atoms with E-state index in [1.54, 1.807) is 42.3 Å². The van der Waals surface area contributed by atoms with Gasteiger partial charge in [0.2, 0.25) is 0 Å². The Balaban J connectivity index is 1.19. The highest BCUT2D eigenvalue weighted by Crippen LogP contribution is 2.55. The van der Waals surface area contributed by atoms with Gasteiger partial charge in [-0.25, -0.2) is 0 Å². The Hall–Kier alpha value is -1.01. The summed E-state index contributed by atoms with van der Waals surface area (Å²) in [5.74, 6) is -6.75. The van der Waals surface area contributed by atoms with Crippen LogP contribution >= 0.6 is 0 Å². The van der Waals surface area contributed by atoms with Crippen molar-refractivity contribution in [1.29, 1.82) is 0 Å². The van der Waals surface area contributed by atoms with E-state index in [0.29, 0.717) is 19.3 Å². The van der Waals surface area contributed by atoms with E-state index in [0.717, 1.165) is 12.8 Å². The molecule has 1 spiro atoms. The molecule has 6 aliphatic heterocycles. The number of hydrogen-bond donors (Lipinski definition) is 3.